The highest BCUT2D eigenvalue weighted by Gasteiger charge is 2.16. The topological polar surface area (TPSA) is 20.9 Å². The van der Waals surface area contributed by atoms with E-state index in [0.717, 1.165) is 26.5 Å². The molecule has 0 spiro atoms. The largest absolute Gasteiger partial charge is 0.287 e. The Bertz CT molecular complexity index is 809. The molecule has 3 heteroatoms. The molecule has 0 aliphatic rings. The number of benzene rings is 2. The van der Waals surface area contributed by atoms with Crippen LogP contribution in [-0.2, 0) is 6.54 Å². The van der Waals surface area contributed by atoms with Gasteiger partial charge in [-0.05, 0) is 35.0 Å². The van der Waals surface area contributed by atoms with E-state index in [1.54, 1.807) is 0 Å². The van der Waals surface area contributed by atoms with Crippen LogP contribution >= 0.6 is 15.9 Å². The third-order valence-corrected chi connectivity index (χ3v) is 3.94. The number of rotatable bonds is 3. The third kappa shape index (κ3) is 3.03. The van der Waals surface area contributed by atoms with Gasteiger partial charge in [0.25, 0.3) is 0 Å². The van der Waals surface area contributed by atoms with Gasteiger partial charge in [0.15, 0.2) is 6.20 Å². The summed E-state index contributed by atoms with van der Waals surface area (Å²) in [6.07, 6.45) is 1.95. The smallest absolute Gasteiger partial charge is 0.227 e. The second kappa shape index (κ2) is 5.78. The van der Waals surface area contributed by atoms with E-state index in [-0.39, 0.29) is 5.78 Å². The van der Waals surface area contributed by atoms with E-state index in [1.165, 1.54) is 0 Å². The van der Waals surface area contributed by atoms with Crippen molar-refractivity contribution in [2.24, 2.45) is 0 Å². The molecule has 3 rings (SSSR count). The number of nitrogens with zero attached hydrogens (tertiary/aromatic N) is 1. The van der Waals surface area contributed by atoms with Gasteiger partial charge in [-0.25, -0.2) is 0 Å². The van der Waals surface area contributed by atoms with Crippen LogP contribution in [-0.4, -0.2) is 5.78 Å². The lowest BCUT2D eigenvalue weighted by Gasteiger charge is -2.03. The van der Waals surface area contributed by atoms with Gasteiger partial charge in [0.2, 0.25) is 17.8 Å². The first-order valence-electron chi connectivity index (χ1n) is 6.81. The Hall–Kier alpha value is -2.00. The molecule has 0 atom stereocenters. The molecule has 2 aromatic carbocycles. The number of hydrogen-bond acceptors (Lipinski definition) is 1. The number of aromatic nitrogens is 1. The molecule has 1 heterocycles. The van der Waals surface area contributed by atoms with Crippen molar-refractivity contribution in [3.8, 4) is 0 Å². The number of hydrogen-bond donors (Lipinski definition) is 0. The molecule has 0 radical (unpaired) electrons. The molecule has 0 unspecified atom stereocenters. The zero-order chi connectivity index (χ0) is 14.8. The molecular weight excluding hydrogens is 326 g/mol. The highest BCUT2D eigenvalue weighted by atomic mass is 79.9. The van der Waals surface area contributed by atoms with Crippen molar-refractivity contribution >= 4 is 32.6 Å². The highest BCUT2D eigenvalue weighted by Crippen LogP contribution is 2.16. The van der Waals surface area contributed by atoms with Gasteiger partial charge in [-0.1, -0.05) is 42.0 Å². The first-order chi connectivity index (χ1) is 10.1. The van der Waals surface area contributed by atoms with E-state index in [0.29, 0.717) is 6.54 Å². The van der Waals surface area contributed by atoms with Crippen LogP contribution < -0.4 is 4.57 Å². The van der Waals surface area contributed by atoms with Gasteiger partial charge in [-0.2, -0.15) is 4.57 Å². The second-order valence-electron chi connectivity index (χ2n) is 5.13. The van der Waals surface area contributed by atoms with Gasteiger partial charge < -0.3 is 0 Å². The van der Waals surface area contributed by atoms with E-state index in [1.807, 2.05) is 66.2 Å². The Morgan fingerprint density at radius 1 is 1.10 bits per heavy atom. The normalized spacial score (nSPS) is 10.8. The van der Waals surface area contributed by atoms with Crippen molar-refractivity contribution in [2.75, 3.05) is 0 Å². The SMILES string of the molecule is Cc1ccc(C(=O)C[n+]2cc(Br)cc3ccccc32)cc1. The number of fused-ring (bicyclic) bond motifs is 1. The van der Waals surface area contributed by atoms with Crippen molar-refractivity contribution in [3.05, 3.63) is 76.4 Å². The number of carbonyl (C=O) groups is 1. The van der Waals surface area contributed by atoms with Crippen LogP contribution in [0.2, 0.25) is 0 Å². The summed E-state index contributed by atoms with van der Waals surface area (Å²) >= 11 is 3.51. The molecule has 1 aromatic heterocycles. The van der Waals surface area contributed by atoms with Gasteiger partial charge in [-0.15, -0.1) is 0 Å². The van der Waals surface area contributed by atoms with Crippen molar-refractivity contribution in [1.82, 2.24) is 0 Å². The minimum Gasteiger partial charge on any atom is -0.287 e. The molecule has 0 N–H and O–H groups in total. The fourth-order valence-electron chi connectivity index (χ4n) is 2.39. The monoisotopic (exact) mass is 340 g/mol. The first-order valence-corrected chi connectivity index (χ1v) is 7.60. The number of carbonyl (C=O) groups excluding carboxylic acids is 1. The van der Waals surface area contributed by atoms with Crippen LogP contribution in [0.3, 0.4) is 0 Å². The minimum absolute atomic E-state index is 0.114. The van der Waals surface area contributed by atoms with Crippen molar-refractivity contribution in [3.63, 3.8) is 0 Å². The molecule has 0 saturated carbocycles. The van der Waals surface area contributed by atoms with Crippen LogP contribution in [0.15, 0.2) is 65.3 Å². The average Bonchev–Trinajstić information content (AvgIpc) is 2.47. The summed E-state index contributed by atoms with van der Waals surface area (Å²) in [6, 6.07) is 17.8. The Balaban J connectivity index is 1.98. The maximum absolute atomic E-state index is 12.4. The summed E-state index contributed by atoms with van der Waals surface area (Å²) in [6.45, 7) is 2.35. The lowest BCUT2D eigenvalue weighted by Crippen LogP contribution is -2.38. The fraction of sp³-hybridized carbons (Fsp3) is 0.111. The molecule has 0 saturated heterocycles. The summed E-state index contributed by atoms with van der Waals surface area (Å²) < 4.78 is 2.96. The molecule has 2 nitrogen and oxygen atoms in total. The Kier molecular flexibility index (Phi) is 3.84. The lowest BCUT2D eigenvalue weighted by atomic mass is 10.1. The molecule has 104 valence electrons. The minimum atomic E-state index is 0.114. The molecule has 0 aliphatic heterocycles. The average molecular weight is 341 g/mol. The molecule has 21 heavy (non-hydrogen) atoms. The van der Waals surface area contributed by atoms with Crippen LogP contribution in [0.25, 0.3) is 10.9 Å². The van der Waals surface area contributed by atoms with Crippen molar-refractivity contribution in [1.29, 1.82) is 0 Å². The van der Waals surface area contributed by atoms with E-state index < -0.39 is 0 Å². The van der Waals surface area contributed by atoms with E-state index in [2.05, 4.69) is 22.0 Å². The first kappa shape index (κ1) is 14.0. The standard InChI is InChI=1S/C18H15BrNO/c1-13-6-8-14(9-7-13)18(21)12-20-11-16(19)10-15-4-2-3-5-17(15)20/h2-11H,12H2,1H3/q+1. The van der Waals surface area contributed by atoms with Gasteiger partial charge in [-0.3, -0.25) is 4.79 Å². The number of aryl methyl sites for hydroxylation is 1. The number of Topliss-reactive ketones (excluding diaryl/α,β-unsaturated/α-hetero) is 1. The van der Waals surface area contributed by atoms with Crippen LogP contribution in [0.4, 0.5) is 0 Å². The molecule has 3 aromatic rings. The van der Waals surface area contributed by atoms with Gasteiger partial charge >= 0.3 is 0 Å². The summed E-state index contributed by atoms with van der Waals surface area (Å²) in [5.41, 5.74) is 2.96. The van der Waals surface area contributed by atoms with Crippen molar-refractivity contribution in [2.45, 2.75) is 13.5 Å². The predicted molar refractivity (Wildman–Crippen MR) is 87.4 cm³/mol. The number of para-hydroxylation sites is 1. The van der Waals surface area contributed by atoms with Gasteiger partial charge in [0.05, 0.1) is 4.47 Å². The third-order valence-electron chi connectivity index (χ3n) is 3.51. The number of pyridine rings is 1. The zero-order valence-corrected chi connectivity index (χ0v) is 13.3. The molecular formula is C18H15BrNO+. The highest BCUT2D eigenvalue weighted by molar-refractivity contribution is 9.10. The second-order valence-corrected chi connectivity index (χ2v) is 6.05. The molecule has 0 amide bonds. The summed E-state index contributed by atoms with van der Waals surface area (Å²) in [7, 11) is 0. The molecule has 0 aliphatic carbocycles. The Labute approximate surface area is 132 Å². The van der Waals surface area contributed by atoms with Crippen LogP contribution in [0.1, 0.15) is 15.9 Å². The summed E-state index contributed by atoms with van der Waals surface area (Å²) in [5.74, 6) is 0.114. The quantitative estimate of drug-likeness (QED) is 0.519. The number of halogens is 1. The van der Waals surface area contributed by atoms with E-state index >= 15 is 0 Å². The van der Waals surface area contributed by atoms with E-state index in [4.69, 9.17) is 0 Å². The molecule has 0 bridgehead atoms. The van der Waals surface area contributed by atoms with Gasteiger partial charge in [0, 0.05) is 17.0 Å². The fourth-order valence-corrected chi connectivity index (χ4v) is 2.89. The number of ketones is 1. The summed E-state index contributed by atoms with van der Waals surface area (Å²) in [5, 5.41) is 1.11. The maximum Gasteiger partial charge on any atom is 0.227 e. The van der Waals surface area contributed by atoms with Gasteiger partial charge in [0.1, 0.15) is 0 Å². The van der Waals surface area contributed by atoms with Crippen molar-refractivity contribution < 1.29 is 9.36 Å². The maximum atomic E-state index is 12.4. The van der Waals surface area contributed by atoms with Crippen LogP contribution in [0.5, 0.6) is 0 Å². The molecule has 0 fully saturated rings. The predicted octanol–water partition coefficient (Wildman–Crippen LogP) is 4.08. The lowest BCUT2D eigenvalue weighted by molar-refractivity contribution is -0.657. The zero-order valence-electron chi connectivity index (χ0n) is 11.7. The van der Waals surface area contributed by atoms with Crippen LogP contribution in [0, 0.1) is 6.92 Å². The Morgan fingerprint density at radius 3 is 2.57 bits per heavy atom. The van der Waals surface area contributed by atoms with E-state index in [9.17, 15) is 4.79 Å². The Morgan fingerprint density at radius 2 is 1.81 bits per heavy atom. The summed E-state index contributed by atoms with van der Waals surface area (Å²) in [4.78, 5) is 12.4.